The van der Waals surface area contributed by atoms with Gasteiger partial charge >= 0.3 is 0 Å². The smallest absolute Gasteiger partial charge is 0.123 e. The van der Waals surface area contributed by atoms with Gasteiger partial charge < -0.3 is 0 Å². The Bertz CT molecular complexity index is 758. The average Bonchev–Trinajstić information content (AvgIpc) is 3.28. The third kappa shape index (κ3) is 2.23. The zero-order valence-electron chi connectivity index (χ0n) is 11.4. The van der Waals surface area contributed by atoms with E-state index in [0.29, 0.717) is 5.92 Å². The van der Waals surface area contributed by atoms with Crippen molar-refractivity contribution in [2.24, 2.45) is 0 Å². The Morgan fingerprint density at radius 2 is 1.67 bits per heavy atom. The van der Waals surface area contributed by atoms with Crippen LogP contribution >= 0.6 is 0 Å². The molecule has 3 nitrogen and oxygen atoms in total. The molecule has 3 aromatic rings. The summed E-state index contributed by atoms with van der Waals surface area (Å²) in [5, 5.41) is 7.67. The lowest BCUT2D eigenvalue weighted by atomic mass is 9.98. The Labute approximate surface area is 121 Å². The molecule has 0 aliphatic heterocycles. The number of nitrogens with zero attached hydrogens (tertiary/aromatic N) is 2. The number of hydrogen-bond donors (Lipinski definition) is 1. The summed E-state index contributed by atoms with van der Waals surface area (Å²) < 4.78 is 13.1. The Morgan fingerprint density at radius 1 is 0.952 bits per heavy atom. The van der Waals surface area contributed by atoms with Gasteiger partial charge in [-0.1, -0.05) is 0 Å². The minimum absolute atomic E-state index is 0.234. The number of halogens is 1. The minimum Gasteiger partial charge on any atom is -0.281 e. The van der Waals surface area contributed by atoms with Crippen LogP contribution in [0.2, 0.25) is 0 Å². The van der Waals surface area contributed by atoms with Crippen LogP contribution in [0.4, 0.5) is 4.39 Å². The van der Waals surface area contributed by atoms with Gasteiger partial charge in [0.1, 0.15) is 11.5 Å². The molecule has 1 saturated carbocycles. The summed E-state index contributed by atoms with van der Waals surface area (Å²) in [6.07, 6.45) is 5.97. The van der Waals surface area contributed by atoms with Gasteiger partial charge in [-0.25, -0.2) is 4.39 Å². The summed E-state index contributed by atoms with van der Waals surface area (Å²) in [5.41, 5.74) is 5.20. The number of rotatable bonds is 3. The highest BCUT2D eigenvalue weighted by molar-refractivity contribution is 5.83. The summed E-state index contributed by atoms with van der Waals surface area (Å²) in [7, 11) is 0. The van der Waals surface area contributed by atoms with E-state index in [1.165, 1.54) is 30.7 Å². The van der Waals surface area contributed by atoms with Crippen molar-refractivity contribution in [2.75, 3.05) is 0 Å². The molecular weight excluding hydrogens is 265 g/mol. The predicted molar refractivity (Wildman–Crippen MR) is 79.2 cm³/mol. The van der Waals surface area contributed by atoms with Crippen LogP contribution in [-0.2, 0) is 0 Å². The van der Waals surface area contributed by atoms with Crippen LogP contribution < -0.4 is 0 Å². The minimum atomic E-state index is -0.234. The first kappa shape index (κ1) is 12.3. The summed E-state index contributed by atoms with van der Waals surface area (Å²) in [4.78, 5) is 4.08. The van der Waals surface area contributed by atoms with Crippen molar-refractivity contribution < 1.29 is 4.39 Å². The number of aromatic amines is 1. The summed E-state index contributed by atoms with van der Waals surface area (Å²) >= 11 is 0. The molecule has 0 spiro atoms. The van der Waals surface area contributed by atoms with Gasteiger partial charge in [0, 0.05) is 35.1 Å². The number of H-pyrrole nitrogens is 1. The quantitative estimate of drug-likeness (QED) is 0.782. The molecule has 0 atom stereocenters. The highest BCUT2D eigenvalue weighted by Gasteiger charge is 2.30. The van der Waals surface area contributed by atoms with E-state index in [9.17, 15) is 4.39 Å². The molecular formula is C17H14FN3. The van der Waals surface area contributed by atoms with E-state index in [4.69, 9.17) is 0 Å². The predicted octanol–water partition coefficient (Wildman–Crippen LogP) is 4.16. The molecule has 4 heteroatoms. The van der Waals surface area contributed by atoms with E-state index >= 15 is 0 Å². The highest BCUT2D eigenvalue weighted by atomic mass is 19.1. The van der Waals surface area contributed by atoms with Crippen LogP contribution in [0.5, 0.6) is 0 Å². The first-order valence-electron chi connectivity index (χ1n) is 7.07. The zero-order valence-corrected chi connectivity index (χ0v) is 11.4. The molecule has 1 N–H and O–H groups in total. The van der Waals surface area contributed by atoms with Crippen molar-refractivity contribution in [3.63, 3.8) is 0 Å². The fourth-order valence-electron chi connectivity index (χ4n) is 2.65. The molecule has 2 aromatic heterocycles. The van der Waals surface area contributed by atoms with Crippen molar-refractivity contribution >= 4 is 0 Å². The van der Waals surface area contributed by atoms with Crippen LogP contribution in [0, 0.1) is 5.82 Å². The van der Waals surface area contributed by atoms with Crippen LogP contribution in [-0.4, -0.2) is 15.2 Å². The Kier molecular flexibility index (Phi) is 2.81. The van der Waals surface area contributed by atoms with Crippen molar-refractivity contribution in [2.45, 2.75) is 18.8 Å². The molecule has 4 rings (SSSR count). The molecule has 21 heavy (non-hydrogen) atoms. The zero-order chi connectivity index (χ0) is 14.2. The number of benzene rings is 1. The number of aromatic nitrogens is 3. The molecule has 0 saturated heterocycles. The molecule has 2 heterocycles. The molecule has 0 amide bonds. The molecule has 0 radical (unpaired) electrons. The monoisotopic (exact) mass is 279 g/mol. The Balaban J connectivity index is 1.89. The van der Waals surface area contributed by atoms with Crippen molar-refractivity contribution in [3.05, 3.63) is 60.3 Å². The number of nitrogens with one attached hydrogen (secondary N) is 1. The SMILES string of the molecule is Fc1ccc(-c2n[nH]c(C3CC3)c2-c2ccncc2)cc1. The van der Waals surface area contributed by atoms with E-state index in [-0.39, 0.29) is 5.82 Å². The van der Waals surface area contributed by atoms with E-state index in [1.807, 2.05) is 12.1 Å². The molecule has 104 valence electrons. The van der Waals surface area contributed by atoms with Crippen LogP contribution in [0.25, 0.3) is 22.4 Å². The second-order valence-electron chi connectivity index (χ2n) is 5.38. The lowest BCUT2D eigenvalue weighted by Crippen LogP contribution is -1.87. The van der Waals surface area contributed by atoms with Gasteiger partial charge in [0.2, 0.25) is 0 Å². The van der Waals surface area contributed by atoms with Gasteiger partial charge in [-0.15, -0.1) is 0 Å². The lowest BCUT2D eigenvalue weighted by molar-refractivity contribution is 0.628. The largest absolute Gasteiger partial charge is 0.281 e. The van der Waals surface area contributed by atoms with E-state index < -0.39 is 0 Å². The molecule has 1 aliphatic carbocycles. The maximum absolute atomic E-state index is 13.1. The lowest BCUT2D eigenvalue weighted by Gasteiger charge is -2.06. The Morgan fingerprint density at radius 3 is 2.33 bits per heavy atom. The van der Waals surface area contributed by atoms with Gasteiger partial charge in [0.05, 0.1) is 0 Å². The fraction of sp³-hybridized carbons (Fsp3) is 0.176. The van der Waals surface area contributed by atoms with Gasteiger partial charge in [-0.2, -0.15) is 5.10 Å². The summed E-state index contributed by atoms with van der Waals surface area (Å²) in [6.45, 7) is 0. The fourth-order valence-corrected chi connectivity index (χ4v) is 2.65. The molecule has 0 unspecified atom stereocenters. The normalized spacial score (nSPS) is 14.3. The second kappa shape index (κ2) is 4.81. The molecule has 1 fully saturated rings. The third-order valence-corrected chi connectivity index (χ3v) is 3.87. The van der Waals surface area contributed by atoms with Crippen LogP contribution in [0.15, 0.2) is 48.8 Å². The van der Waals surface area contributed by atoms with Crippen LogP contribution in [0.1, 0.15) is 24.5 Å². The first-order valence-corrected chi connectivity index (χ1v) is 7.07. The van der Waals surface area contributed by atoms with Gasteiger partial charge in [0.15, 0.2) is 0 Å². The number of hydrogen-bond acceptors (Lipinski definition) is 2. The second-order valence-corrected chi connectivity index (χ2v) is 5.38. The first-order chi connectivity index (χ1) is 10.3. The maximum Gasteiger partial charge on any atom is 0.123 e. The highest BCUT2D eigenvalue weighted by Crippen LogP contribution is 2.46. The molecule has 0 bridgehead atoms. The average molecular weight is 279 g/mol. The van der Waals surface area contributed by atoms with Crippen molar-refractivity contribution in [1.82, 2.24) is 15.2 Å². The van der Waals surface area contributed by atoms with Gasteiger partial charge in [-0.05, 0) is 54.8 Å². The molecule has 1 aliphatic rings. The molecule has 1 aromatic carbocycles. The van der Waals surface area contributed by atoms with Crippen molar-refractivity contribution in [3.8, 4) is 22.4 Å². The van der Waals surface area contributed by atoms with Gasteiger partial charge in [-0.3, -0.25) is 10.1 Å². The van der Waals surface area contributed by atoms with E-state index in [1.54, 1.807) is 24.5 Å². The third-order valence-electron chi connectivity index (χ3n) is 3.87. The summed E-state index contributed by atoms with van der Waals surface area (Å²) in [6, 6.07) is 10.5. The van der Waals surface area contributed by atoms with Crippen molar-refractivity contribution in [1.29, 1.82) is 0 Å². The van der Waals surface area contributed by atoms with E-state index in [0.717, 1.165) is 22.4 Å². The van der Waals surface area contributed by atoms with Crippen LogP contribution in [0.3, 0.4) is 0 Å². The maximum atomic E-state index is 13.1. The number of pyridine rings is 1. The summed E-state index contributed by atoms with van der Waals surface area (Å²) in [5.74, 6) is 0.331. The topological polar surface area (TPSA) is 41.6 Å². The van der Waals surface area contributed by atoms with Gasteiger partial charge in [0.25, 0.3) is 0 Å². The van der Waals surface area contributed by atoms with E-state index in [2.05, 4.69) is 15.2 Å². The standard InChI is InChI=1S/C17H14FN3/c18-14-5-3-13(4-6-14)17-15(11-7-9-19-10-8-11)16(20-21-17)12-1-2-12/h3-10,12H,1-2H2,(H,20,21). The Hall–Kier alpha value is -2.49.